The Morgan fingerprint density at radius 3 is 2.75 bits per heavy atom. The van der Waals surface area contributed by atoms with Crippen molar-refractivity contribution in [1.82, 2.24) is 10.2 Å². The number of ether oxygens (including phenoxy) is 1. The van der Waals surface area contributed by atoms with Crippen LogP contribution in [0.2, 0.25) is 0 Å². The SMILES string of the molecule is COc1ccc([C@H](C)NC2CCN3CCCC3C2)cc1. The maximum atomic E-state index is 5.22. The van der Waals surface area contributed by atoms with Crippen molar-refractivity contribution in [3.63, 3.8) is 0 Å². The Bertz CT molecular complexity index is 431. The van der Waals surface area contributed by atoms with Crippen molar-refractivity contribution >= 4 is 0 Å². The average molecular weight is 274 g/mol. The number of methoxy groups -OCH3 is 1. The van der Waals surface area contributed by atoms with Crippen LogP contribution < -0.4 is 10.1 Å². The first-order chi connectivity index (χ1) is 9.76. The summed E-state index contributed by atoms with van der Waals surface area (Å²) in [4.78, 5) is 2.68. The maximum absolute atomic E-state index is 5.22. The van der Waals surface area contributed by atoms with Gasteiger partial charge in [0.2, 0.25) is 0 Å². The van der Waals surface area contributed by atoms with Crippen LogP contribution in [0.3, 0.4) is 0 Å². The lowest BCUT2D eigenvalue weighted by molar-refractivity contribution is 0.162. The number of nitrogens with one attached hydrogen (secondary N) is 1. The molecular formula is C17H26N2O. The molecule has 3 heteroatoms. The van der Waals surface area contributed by atoms with Gasteiger partial charge in [0.1, 0.15) is 5.75 Å². The number of hydrogen-bond donors (Lipinski definition) is 1. The van der Waals surface area contributed by atoms with Gasteiger partial charge in [-0.05, 0) is 63.4 Å². The Labute approximate surface area is 122 Å². The van der Waals surface area contributed by atoms with Gasteiger partial charge < -0.3 is 15.0 Å². The van der Waals surface area contributed by atoms with E-state index in [1.54, 1.807) is 7.11 Å². The van der Waals surface area contributed by atoms with Crippen molar-refractivity contribution in [2.75, 3.05) is 20.2 Å². The third-order valence-electron chi connectivity index (χ3n) is 4.92. The number of hydrogen-bond acceptors (Lipinski definition) is 3. The lowest BCUT2D eigenvalue weighted by Gasteiger charge is -2.36. The normalized spacial score (nSPS) is 28.1. The zero-order valence-corrected chi connectivity index (χ0v) is 12.6. The molecule has 2 fully saturated rings. The number of benzene rings is 1. The van der Waals surface area contributed by atoms with Crippen LogP contribution in [0, 0.1) is 0 Å². The van der Waals surface area contributed by atoms with Gasteiger partial charge in [0, 0.05) is 18.1 Å². The molecule has 1 N–H and O–H groups in total. The summed E-state index contributed by atoms with van der Waals surface area (Å²) in [5, 5.41) is 3.82. The molecule has 3 rings (SSSR count). The minimum absolute atomic E-state index is 0.416. The molecule has 20 heavy (non-hydrogen) atoms. The Kier molecular flexibility index (Phi) is 4.27. The molecule has 2 unspecified atom stereocenters. The molecule has 0 radical (unpaired) electrons. The van der Waals surface area contributed by atoms with Gasteiger partial charge in [-0.1, -0.05) is 12.1 Å². The quantitative estimate of drug-likeness (QED) is 0.913. The molecule has 0 spiro atoms. The predicted octanol–water partition coefficient (Wildman–Crippen LogP) is 2.97. The van der Waals surface area contributed by atoms with Gasteiger partial charge in [-0.15, -0.1) is 0 Å². The Hall–Kier alpha value is -1.06. The molecular weight excluding hydrogens is 248 g/mol. The number of fused-ring (bicyclic) bond motifs is 1. The summed E-state index contributed by atoms with van der Waals surface area (Å²) in [6, 6.07) is 10.4. The van der Waals surface area contributed by atoms with Crippen LogP contribution in [0.4, 0.5) is 0 Å². The molecule has 1 aromatic carbocycles. The minimum Gasteiger partial charge on any atom is -0.497 e. The number of nitrogens with zero attached hydrogens (tertiary/aromatic N) is 1. The van der Waals surface area contributed by atoms with Crippen LogP contribution >= 0.6 is 0 Å². The molecule has 0 bridgehead atoms. The van der Waals surface area contributed by atoms with E-state index >= 15 is 0 Å². The van der Waals surface area contributed by atoms with Crippen LogP contribution in [-0.4, -0.2) is 37.2 Å². The van der Waals surface area contributed by atoms with E-state index < -0.39 is 0 Å². The Balaban J connectivity index is 1.56. The molecule has 2 aliphatic heterocycles. The molecule has 0 amide bonds. The molecule has 2 saturated heterocycles. The van der Waals surface area contributed by atoms with Crippen LogP contribution in [0.25, 0.3) is 0 Å². The van der Waals surface area contributed by atoms with Gasteiger partial charge in [0.05, 0.1) is 7.11 Å². The summed E-state index contributed by atoms with van der Waals surface area (Å²) in [5.41, 5.74) is 1.35. The molecule has 2 heterocycles. The van der Waals surface area contributed by atoms with E-state index in [0.29, 0.717) is 12.1 Å². The van der Waals surface area contributed by atoms with E-state index in [2.05, 4.69) is 29.3 Å². The van der Waals surface area contributed by atoms with Gasteiger partial charge in [-0.25, -0.2) is 0 Å². The third-order valence-corrected chi connectivity index (χ3v) is 4.92. The lowest BCUT2D eigenvalue weighted by atomic mass is 9.96. The van der Waals surface area contributed by atoms with E-state index in [9.17, 15) is 0 Å². The van der Waals surface area contributed by atoms with Gasteiger partial charge >= 0.3 is 0 Å². The highest BCUT2D eigenvalue weighted by atomic mass is 16.5. The monoisotopic (exact) mass is 274 g/mol. The highest BCUT2D eigenvalue weighted by molar-refractivity contribution is 5.28. The first-order valence-electron chi connectivity index (χ1n) is 7.90. The van der Waals surface area contributed by atoms with Crippen molar-refractivity contribution in [2.24, 2.45) is 0 Å². The summed E-state index contributed by atoms with van der Waals surface area (Å²) in [6.45, 7) is 4.87. The number of rotatable bonds is 4. The van der Waals surface area contributed by atoms with E-state index in [4.69, 9.17) is 4.74 Å². The van der Waals surface area contributed by atoms with Crippen molar-refractivity contribution in [2.45, 2.75) is 50.7 Å². The topological polar surface area (TPSA) is 24.5 Å². The highest BCUT2D eigenvalue weighted by Crippen LogP contribution is 2.28. The molecule has 0 aliphatic carbocycles. The van der Waals surface area contributed by atoms with Gasteiger partial charge in [-0.3, -0.25) is 0 Å². The zero-order chi connectivity index (χ0) is 13.9. The highest BCUT2D eigenvalue weighted by Gasteiger charge is 2.31. The second-order valence-electron chi connectivity index (χ2n) is 6.21. The summed E-state index contributed by atoms with van der Waals surface area (Å²) < 4.78 is 5.22. The molecule has 110 valence electrons. The molecule has 0 aromatic heterocycles. The van der Waals surface area contributed by atoms with Crippen LogP contribution in [0.1, 0.15) is 44.2 Å². The third kappa shape index (κ3) is 2.99. The zero-order valence-electron chi connectivity index (χ0n) is 12.6. The van der Waals surface area contributed by atoms with E-state index in [0.717, 1.165) is 11.8 Å². The van der Waals surface area contributed by atoms with Crippen LogP contribution in [0.15, 0.2) is 24.3 Å². The molecule has 3 atom stereocenters. The lowest BCUT2D eigenvalue weighted by Crippen LogP contribution is -2.46. The predicted molar refractivity (Wildman–Crippen MR) is 82.2 cm³/mol. The standard InChI is InChI=1S/C17H26N2O/c1-13(14-5-7-17(20-2)8-6-14)18-15-9-11-19-10-3-4-16(19)12-15/h5-8,13,15-16,18H,3-4,9-12H2,1-2H3/t13-,15?,16?/m0/s1. The summed E-state index contributed by atoms with van der Waals surface area (Å²) in [6.07, 6.45) is 5.40. The van der Waals surface area contributed by atoms with E-state index in [1.165, 1.54) is 44.3 Å². The fourth-order valence-electron chi connectivity index (χ4n) is 3.72. The van der Waals surface area contributed by atoms with E-state index in [1.807, 2.05) is 12.1 Å². The molecule has 1 aromatic rings. The van der Waals surface area contributed by atoms with Crippen LogP contribution in [-0.2, 0) is 0 Å². The van der Waals surface area contributed by atoms with Crippen molar-refractivity contribution in [3.8, 4) is 5.75 Å². The van der Waals surface area contributed by atoms with Gasteiger partial charge in [0.25, 0.3) is 0 Å². The fourth-order valence-corrected chi connectivity index (χ4v) is 3.72. The van der Waals surface area contributed by atoms with E-state index in [-0.39, 0.29) is 0 Å². The number of piperidine rings is 1. The molecule has 3 nitrogen and oxygen atoms in total. The first-order valence-corrected chi connectivity index (χ1v) is 7.90. The van der Waals surface area contributed by atoms with Crippen LogP contribution in [0.5, 0.6) is 5.75 Å². The maximum Gasteiger partial charge on any atom is 0.118 e. The fraction of sp³-hybridized carbons (Fsp3) is 0.647. The van der Waals surface area contributed by atoms with Crippen molar-refractivity contribution in [3.05, 3.63) is 29.8 Å². The average Bonchev–Trinajstić information content (AvgIpc) is 2.95. The van der Waals surface area contributed by atoms with Gasteiger partial charge in [0.15, 0.2) is 0 Å². The molecule has 2 aliphatic rings. The summed E-state index contributed by atoms with van der Waals surface area (Å²) in [7, 11) is 1.71. The summed E-state index contributed by atoms with van der Waals surface area (Å²) in [5.74, 6) is 0.931. The second-order valence-corrected chi connectivity index (χ2v) is 6.21. The Morgan fingerprint density at radius 1 is 1.20 bits per heavy atom. The Morgan fingerprint density at radius 2 is 2.00 bits per heavy atom. The second kappa shape index (κ2) is 6.15. The first kappa shape index (κ1) is 13.9. The van der Waals surface area contributed by atoms with Crippen molar-refractivity contribution < 1.29 is 4.74 Å². The summed E-state index contributed by atoms with van der Waals surface area (Å²) >= 11 is 0. The largest absolute Gasteiger partial charge is 0.497 e. The molecule has 0 saturated carbocycles. The van der Waals surface area contributed by atoms with Gasteiger partial charge in [-0.2, -0.15) is 0 Å². The smallest absolute Gasteiger partial charge is 0.118 e. The minimum atomic E-state index is 0.416. The van der Waals surface area contributed by atoms with Crippen molar-refractivity contribution in [1.29, 1.82) is 0 Å².